The summed E-state index contributed by atoms with van der Waals surface area (Å²) >= 11 is 0. The maximum Gasteiger partial charge on any atom is 0.227 e. The molecule has 1 aliphatic heterocycles. The number of anilines is 1. The van der Waals surface area contributed by atoms with E-state index in [1.165, 1.54) is 11.1 Å². The molecule has 0 spiro atoms. The van der Waals surface area contributed by atoms with Crippen molar-refractivity contribution in [3.63, 3.8) is 0 Å². The molecule has 0 fully saturated rings. The van der Waals surface area contributed by atoms with E-state index in [0.717, 1.165) is 18.5 Å². The summed E-state index contributed by atoms with van der Waals surface area (Å²) in [5.74, 6) is 0.674. The molecule has 2 N–H and O–H groups in total. The Labute approximate surface area is 109 Å². The van der Waals surface area contributed by atoms with Crippen molar-refractivity contribution in [3.05, 3.63) is 29.3 Å². The molecule has 2 unspecified atom stereocenters. The van der Waals surface area contributed by atoms with Crippen LogP contribution in [0.25, 0.3) is 0 Å². The van der Waals surface area contributed by atoms with Gasteiger partial charge in [-0.25, -0.2) is 0 Å². The van der Waals surface area contributed by atoms with Gasteiger partial charge in [0, 0.05) is 25.2 Å². The van der Waals surface area contributed by atoms with Crippen LogP contribution in [-0.4, -0.2) is 13.0 Å². The molecular formula is C15H22N2O. The van der Waals surface area contributed by atoms with E-state index in [0.29, 0.717) is 12.3 Å². The number of carbonyl (C=O) groups excluding carboxylic acids is 1. The summed E-state index contributed by atoms with van der Waals surface area (Å²) < 4.78 is 0. The highest BCUT2D eigenvalue weighted by molar-refractivity contribution is 5.95. The zero-order chi connectivity index (χ0) is 13.3. The third-order valence-electron chi connectivity index (χ3n) is 4.09. The van der Waals surface area contributed by atoms with Crippen molar-refractivity contribution in [2.75, 3.05) is 11.9 Å². The van der Waals surface area contributed by atoms with Crippen LogP contribution < -0.4 is 10.6 Å². The summed E-state index contributed by atoms with van der Waals surface area (Å²) in [5.41, 5.74) is 9.73. The summed E-state index contributed by atoms with van der Waals surface area (Å²) in [4.78, 5) is 13.4. The number of aryl methyl sites for hydroxylation is 1. The second-order valence-corrected chi connectivity index (χ2v) is 5.25. The molecule has 1 aliphatic rings. The lowest BCUT2D eigenvalue weighted by atomic mass is 9.90. The minimum absolute atomic E-state index is 0.0863. The molecule has 3 nitrogen and oxygen atoms in total. The highest BCUT2D eigenvalue weighted by Gasteiger charge is 2.22. The molecule has 0 saturated carbocycles. The fourth-order valence-electron chi connectivity index (χ4n) is 2.47. The summed E-state index contributed by atoms with van der Waals surface area (Å²) in [5, 5.41) is 0. The van der Waals surface area contributed by atoms with Gasteiger partial charge < -0.3 is 10.6 Å². The first-order valence-electron chi connectivity index (χ1n) is 6.69. The van der Waals surface area contributed by atoms with Gasteiger partial charge >= 0.3 is 0 Å². The lowest BCUT2D eigenvalue weighted by Gasteiger charge is -2.27. The molecule has 0 bridgehead atoms. The SMILES string of the molecule is CCC(C)C(N)c1ccc2c(c1)CCC(=O)N2C. The van der Waals surface area contributed by atoms with E-state index in [-0.39, 0.29) is 11.9 Å². The van der Waals surface area contributed by atoms with Gasteiger partial charge in [0.1, 0.15) is 0 Å². The minimum Gasteiger partial charge on any atom is -0.324 e. The Hall–Kier alpha value is -1.35. The van der Waals surface area contributed by atoms with Crippen molar-refractivity contribution in [1.29, 1.82) is 0 Å². The van der Waals surface area contributed by atoms with E-state index >= 15 is 0 Å². The van der Waals surface area contributed by atoms with Gasteiger partial charge in [-0.15, -0.1) is 0 Å². The van der Waals surface area contributed by atoms with Crippen molar-refractivity contribution >= 4 is 11.6 Å². The standard InChI is InChI=1S/C15H22N2O/c1-4-10(2)15(16)12-5-7-13-11(9-12)6-8-14(18)17(13)3/h5,7,9-10,15H,4,6,8,16H2,1-3H3. The number of nitrogens with two attached hydrogens (primary N) is 1. The first-order chi connectivity index (χ1) is 8.54. The van der Waals surface area contributed by atoms with E-state index in [4.69, 9.17) is 5.73 Å². The number of benzene rings is 1. The average Bonchev–Trinajstić information content (AvgIpc) is 2.41. The maximum absolute atomic E-state index is 11.6. The highest BCUT2D eigenvalue weighted by Crippen LogP contribution is 2.31. The van der Waals surface area contributed by atoms with Gasteiger partial charge in [0.05, 0.1) is 0 Å². The summed E-state index contributed by atoms with van der Waals surface area (Å²) in [6, 6.07) is 6.35. The zero-order valence-electron chi connectivity index (χ0n) is 11.4. The monoisotopic (exact) mass is 246 g/mol. The Kier molecular flexibility index (Phi) is 3.71. The Morgan fingerprint density at radius 2 is 2.11 bits per heavy atom. The molecular weight excluding hydrogens is 224 g/mol. The molecule has 1 heterocycles. The number of hydrogen-bond acceptors (Lipinski definition) is 2. The van der Waals surface area contributed by atoms with Crippen LogP contribution >= 0.6 is 0 Å². The van der Waals surface area contributed by atoms with E-state index in [2.05, 4.69) is 26.0 Å². The molecule has 0 aliphatic carbocycles. The summed E-state index contributed by atoms with van der Waals surface area (Å²) in [6.07, 6.45) is 2.52. The van der Waals surface area contributed by atoms with Gasteiger partial charge in [0.2, 0.25) is 5.91 Å². The lowest BCUT2D eigenvalue weighted by Crippen LogP contribution is -2.31. The van der Waals surface area contributed by atoms with Gasteiger partial charge in [-0.05, 0) is 29.5 Å². The molecule has 1 amide bonds. The second kappa shape index (κ2) is 5.11. The van der Waals surface area contributed by atoms with Crippen LogP contribution in [0.15, 0.2) is 18.2 Å². The van der Waals surface area contributed by atoms with Gasteiger partial charge in [-0.2, -0.15) is 0 Å². The van der Waals surface area contributed by atoms with Crippen LogP contribution in [0, 0.1) is 5.92 Å². The topological polar surface area (TPSA) is 46.3 Å². The molecule has 2 rings (SSSR count). The quantitative estimate of drug-likeness (QED) is 0.891. The molecule has 0 saturated heterocycles. The van der Waals surface area contributed by atoms with Crippen LogP contribution in [0.2, 0.25) is 0 Å². The number of rotatable bonds is 3. The third-order valence-corrected chi connectivity index (χ3v) is 4.09. The maximum atomic E-state index is 11.6. The number of hydrogen-bond donors (Lipinski definition) is 1. The Morgan fingerprint density at radius 3 is 2.78 bits per heavy atom. The van der Waals surface area contributed by atoms with E-state index < -0.39 is 0 Å². The Balaban J connectivity index is 2.31. The predicted molar refractivity (Wildman–Crippen MR) is 74.6 cm³/mol. The lowest BCUT2D eigenvalue weighted by molar-refractivity contribution is -0.118. The number of fused-ring (bicyclic) bond motifs is 1. The van der Waals surface area contributed by atoms with Crippen molar-refractivity contribution in [1.82, 2.24) is 0 Å². The van der Waals surface area contributed by atoms with Gasteiger partial charge in [0.25, 0.3) is 0 Å². The van der Waals surface area contributed by atoms with Crippen molar-refractivity contribution in [2.45, 2.75) is 39.2 Å². The highest BCUT2D eigenvalue weighted by atomic mass is 16.2. The molecule has 0 radical (unpaired) electrons. The number of amides is 1. The summed E-state index contributed by atoms with van der Waals surface area (Å²) in [7, 11) is 1.84. The van der Waals surface area contributed by atoms with Crippen molar-refractivity contribution in [3.8, 4) is 0 Å². The summed E-state index contributed by atoms with van der Waals surface area (Å²) in [6.45, 7) is 4.34. The first-order valence-corrected chi connectivity index (χ1v) is 6.69. The number of nitrogens with zero attached hydrogens (tertiary/aromatic N) is 1. The fraction of sp³-hybridized carbons (Fsp3) is 0.533. The van der Waals surface area contributed by atoms with Gasteiger partial charge in [0.15, 0.2) is 0 Å². The smallest absolute Gasteiger partial charge is 0.227 e. The average molecular weight is 246 g/mol. The third kappa shape index (κ3) is 2.27. The van der Waals surface area contributed by atoms with Crippen LogP contribution in [-0.2, 0) is 11.2 Å². The van der Waals surface area contributed by atoms with Gasteiger partial charge in [-0.3, -0.25) is 4.79 Å². The second-order valence-electron chi connectivity index (χ2n) is 5.25. The molecule has 3 heteroatoms. The van der Waals surface area contributed by atoms with E-state index in [1.807, 2.05) is 13.1 Å². The van der Waals surface area contributed by atoms with Crippen molar-refractivity contribution < 1.29 is 4.79 Å². The number of carbonyl (C=O) groups is 1. The van der Waals surface area contributed by atoms with Crippen LogP contribution in [0.1, 0.15) is 43.9 Å². The van der Waals surface area contributed by atoms with Crippen LogP contribution in [0.3, 0.4) is 0 Å². The Bertz CT molecular complexity index is 456. The van der Waals surface area contributed by atoms with E-state index in [1.54, 1.807) is 4.90 Å². The van der Waals surface area contributed by atoms with Gasteiger partial charge in [-0.1, -0.05) is 32.4 Å². The minimum atomic E-state index is 0.0863. The molecule has 98 valence electrons. The molecule has 1 aromatic carbocycles. The van der Waals surface area contributed by atoms with Crippen LogP contribution in [0.5, 0.6) is 0 Å². The molecule has 0 aromatic heterocycles. The molecule has 2 atom stereocenters. The Morgan fingerprint density at radius 1 is 1.39 bits per heavy atom. The zero-order valence-corrected chi connectivity index (χ0v) is 11.4. The largest absolute Gasteiger partial charge is 0.324 e. The van der Waals surface area contributed by atoms with Crippen LogP contribution in [0.4, 0.5) is 5.69 Å². The molecule has 1 aromatic rings. The fourth-order valence-corrected chi connectivity index (χ4v) is 2.47. The predicted octanol–water partition coefficient (Wildman–Crippen LogP) is 2.64. The molecule has 18 heavy (non-hydrogen) atoms. The first kappa shape index (κ1) is 13.1. The van der Waals surface area contributed by atoms with E-state index in [9.17, 15) is 4.79 Å². The normalized spacial score (nSPS) is 18.4. The van der Waals surface area contributed by atoms with Crippen molar-refractivity contribution in [2.24, 2.45) is 11.7 Å².